The summed E-state index contributed by atoms with van der Waals surface area (Å²) < 4.78 is 13.0. The summed E-state index contributed by atoms with van der Waals surface area (Å²) in [6, 6.07) is 6.21. The van der Waals surface area contributed by atoms with E-state index < -0.39 is 0 Å². The molecule has 1 amide bonds. The van der Waals surface area contributed by atoms with Gasteiger partial charge in [-0.15, -0.1) is 0 Å². The van der Waals surface area contributed by atoms with Crippen molar-refractivity contribution in [1.29, 1.82) is 0 Å². The molecule has 0 aromatic heterocycles. The molecule has 0 bridgehead atoms. The third-order valence-electron chi connectivity index (χ3n) is 2.60. The SMILES string of the molecule is O=C(NCc1cccc(F)c1)C1=CCC=CC=C1. The van der Waals surface area contributed by atoms with Crippen LogP contribution in [0.15, 0.2) is 60.2 Å². The van der Waals surface area contributed by atoms with E-state index in [9.17, 15) is 9.18 Å². The molecule has 0 saturated carbocycles. The summed E-state index contributed by atoms with van der Waals surface area (Å²) in [5.41, 5.74) is 1.39. The number of carbonyl (C=O) groups excluding carboxylic acids is 1. The van der Waals surface area contributed by atoms with Gasteiger partial charge in [-0.1, -0.05) is 36.4 Å². The standard InChI is InChI=1S/C15H14FNO/c16-14-9-5-6-12(10-14)11-17-15(18)13-7-3-1-2-4-8-13/h1-3,5-10H,4,11H2,(H,17,18). The molecule has 0 radical (unpaired) electrons. The lowest BCUT2D eigenvalue weighted by Gasteiger charge is -2.06. The van der Waals surface area contributed by atoms with Crippen LogP contribution in [0.25, 0.3) is 0 Å². The van der Waals surface area contributed by atoms with E-state index in [1.54, 1.807) is 18.2 Å². The molecule has 1 N–H and O–H groups in total. The molecule has 1 aliphatic rings. The van der Waals surface area contributed by atoms with E-state index in [0.717, 1.165) is 12.0 Å². The van der Waals surface area contributed by atoms with Gasteiger partial charge in [0.25, 0.3) is 5.91 Å². The Balaban J connectivity index is 1.94. The smallest absolute Gasteiger partial charge is 0.251 e. The summed E-state index contributed by atoms with van der Waals surface area (Å²) in [5, 5.41) is 2.77. The number of carbonyl (C=O) groups is 1. The first-order chi connectivity index (χ1) is 8.75. The van der Waals surface area contributed by atoms with Crippen molar-refractivity contribution in [2.24, 2.45) is 0 Å². The Morgan fingerprint density at radius 2 is 2.22 bits per heavy atom. The van der Waals surface area contributed by atoms with E-state index in [0.29, 0.717) is 12.1 Å². The maximum Gasteiger partial charge on any atom is 0.251 e. The summed E-state index contributed by atoms with van der Waals surface area (Å²) in [5.74, 6) is -0.432. The van der Waals surface area contributed by atoms with Crippen LogP contribution in [-0.2, 0) is 11.3 Å². The Labute approximate surface area is 106 Å². The van der Waals surface area contributed by atoms with E-state index >= 15 is 0 Å². The molecule has 0 aliphatic heterocycles. The molecule has 0 saturated heterocycles. The highest BCUT2D eigenvalue weighted by molar-refractivity contribution is 5.96. The molecule has 92 valence electrons. The number of hydrogen-bond donors (Lipinski definition) is 1. The minimum atomic E-state index is -0.292. The maximum atomic E-state index is 13.0. The zero-order chi connectivity index (χ0) is 12.8. The molecular weight excluding hydrogens is 229 g/mol. The van der Waals surface area contributed by atoms with Gasteiger partial charge in [-0.25, -0.2) is 4.39 Å². The largest absolute Gasteiger partial charge is 0.348 e. The molecule has 1 aromatic carbocycles. The van der Waals surface area contributed by atoms with Gasteiger partial charge in [0.1, 0.15) is 5.82 Å². The molecule has 2 nitrogen and oxygen atoms in total. The van der Waals surface area contributed by atoms with Gasteiger partial charge in [0, 0.05) is 12.1 Å². The topological polar surface area (TPSA) is 29.1 Å². The Kier molecular flexibility index (Phi) is 4.07. The number of benzene rings is 1. The van der Waals surface area contributed by atoms with Crippen LogP contribution in [0.1, 0.15) is 12.0 Å². The van der Waals surface area contributed by atoms with Gasteiger partial charge in [-0.05, 0) is 30.2 Å². The van der Waals surface area contributed by atoms with Crippen molar-refractivity contribution in [1.82, 2.24) is 5.32 Å². The normalized spacial score (nSPS) is 13.9. The highest BCUT2D eigenvalue weighted by Gasteiger charge is 2.06. The van der Waals surface area contributed by atoms with Gasteiger partial charge < -0.3 is 5.32 Å². The van der Waals surface area contributed by atoms with Gasteiger partial charge in [0.15, 0.2) is 0 Å². The van der Waals surface area contributed by atoms with Crippen LogP contribution in [0.3, 0.4) is 0 Å². The number of halogens is 1. The van der Waals surface area contributed by atoms with Crippen molar-refractivity contribution < 1.29 is 9.18 Å². The van der Waals surface area contributed by atoms with Crippen molar-refractivity contribution in [3.8, 4) is 0 Å². The monoisotopic (exact) mass is 243 g/mol. The quantitative estimate of drug-likeness (QED) is 0.869. The molecule has 0 atom stereocenters. The van der Waals surface area contributed by atoms with Gasteiger partial charge in [0.2, 0.25) is 0 Å². The number of allylic oxidation sites excluding steroid dienone is 4. The molecule has 3 heteroatoms. The zero-order valence-corrected chi connectivity index (χ0v) is 9.90. The van der Waals surface area contributed by atoms with E-state index in [2.05, 4.69) is 5.32 Å². The Morgan fingerprint density at radius 3 is 3.06 bits per heavy atom. The molecule has 18 heavy (non-hydrogen) atoms. The van der Waals surface area contributed by atoms with E-state index in [1.807, 2.05) is 24.3 Å². The Bertz CT molecular complexity index is 529. The van der Waals surface area contributed by atoms with Crippen LogP contribution < -0.4 is 5.32 Å². The molecule has 0 spiro atoms. The van der Waals surface area contributed by atoms with E-state index in [1.165, 1.54) is 12.1 Å². The second kappa shape index (κ2) is 5.96. The highest BCUT2D eigenvalue weighted by Crippen LogP contribution is 2.07. The van der Waals surface area contributed by atoms with E-state index in [-0.39, 0.29) is 11.7 Å². The van der Waals surface area contributed by atoms with Crippen LogP contribution in [0, 0.1) is 5.82 Å². The maximum absolute atomic E-state index is 13.0. The van der Waals surface area contributed by atoms with Crippen LogP contribution in [0.4, 0.5) is 4.39 Å². The predicted octanol–water partition coefficient (Wildman–Crippen LogP) is 2.88. The Hall–Kier alpha value is -2.16. The fourth-order valence-corrected chi connectivity index (χ4v) is 1.68. The summed E-state index contributed by atoms with van der Waals surface area (Å²) >= 11 is 0. The molecular formula is C15H14FNO. The molecule has 0 unspecified atom stereocenters. The summed E-state index contributed by atoms with van der Waals surface area (Å²) in [7, 11) is 0. The average Bonchev–Trinajstić information content (AvgIpc) is 2.65. The fourth-order valence-electron chi connectivity index (χ4n) is 1.68. The fraction of sp³-hybridized carbons (Fsp3) is 0.133. The van der Waals surface area contributed by atoms with Gasteiger partial charge >= 0.3 is 0 Å². The second-order valence-electron chi connectivity index (χ2n) is 4.00. The van der Waals surface area contributed by atoms with Crippen LogP contribution in [0.5, 0.6) is 0 Å². The lowest BCUT2D eigenvalue weighted by atomic mass is 10.2. The summed E-state index contributed by atoms with van der Waals surface area (Å²) in [6.45, 7) is 0.329. The molecule has 0 fully saturated rings. The molecule has 2 rings (SSSR count). The third-order valence-corrected chi connectivity index (χ3v) is 2.60. The number of rotatable bonds is 3. The van der Waals surface area contributed by atoms with Crippen molar-refractivity contribution in [3.63, 3.8) is 0 Å². The number of amides is 1. The number of nitrogens with one attached hydrogen (secondary N) is 1. The van der Waals surface area contributed by atoms with Crippen molar-refractivity contribution in [2.75, 3.05) is 0 Å². The van der Waals surface area contributed by atoms with Crippen molar-refractivity contribution >= 4 is 5.91 Å². The van der Waals surface area contributed by atoms with Crippen LogP contribution in [0.2, 0.25) is 0 Å². The molecule has 1 aromatic rings. The molecule has 1 aliphatic carbocycles. The minimum absolute atomic E-state index is 0.140. The number of hydrogen-bond acceptors (Lipinski definition) is 1. The predicted molar refractivity (Wildman–Crippen MR) is 69.2 cm³/mol. The average molecular weight is 243 g/mol. The van der Waals surface area contributed by atoms with Crippen molar-refractivity contribution in [2.45, 2.75) is 13.0 Å². The van der Waals surface area contributed by atoms with Crippen LogP contribution >= 0.6 is 0 Å². The third kappa shape index (κ3) is 3.42. The van der Waals surface area contributed by atoms with Gasteiger partial charge in [-0.2, -0.15) is 0 Å². The zero-order valence-electron chi connectivity index (χ0n) is 9.90. The summed E-state index contributed by atoms with van der Waals surface area (Å²) in [4.78, 5) is 11.9. The van der Waals surface area contributed by atoms with Crippen molar-refractivity contribution in [3.05, 3.63) is 71.6 Å². The summed E-state index contributed by atoms with van der Waals surface area (Å²) in [6.07, 6.45) is 10.1. The lowest BCUT2D eigenvalue weighted by Crippen LogP contribution is -2.23. The Morgan fingerprint density at radius 1 is 1.33 bits per heavy atom. The first-order valence-electron chi connectivity index (χ1n) is 5.82. The van der Waals surface area contributed by atoms with E-state index in [4.69, 9.17) is 0 Å². The first kappa shape index (κ1) is 12.3. The lowest BCUT2D eigenvalue weighted by molar-refractivity contribution is -0.117. The molecule has 0 heterocycles. The van der Waals surface area contributed by atoms with Gasteiger partial charge in [0.05, 0.1) is 0 Å². The first-order valence-corrected chi connectivity index (χ1v) is 5.82. The van der Waals surface area contributed by atoms with Crippen LogP contribution in [-0.4, -0.2) is 5.91 Å². The minimum Gasteiger partial charge on any atom is -0.348 e. The second-order valence-corrected chi connectivity index (χ2v) is 4.00. The highest BCUT2D eigenvalue weighted by atomic mass is 19.1. The van der Waals surface area contributed by atoms with Gasteiger partial charge in [-0.3, -0.25) is 4.79 Å².